The first-order valence-corrected chi connectivity index (χ1v) is 10.3. The van der Waals surface area contributed by atoms with E-state index in [0.29, 0.717) is 17.8 Å². The van der Waals surface area contributed by atoms with Gasteiger partial charge in [-0.1, -0.05) is 18.9 Å². The fourth-order valence-electron chi connectivity index (χ4n) is 4.11. The highest BCUT2D eigenvalue weighted by Gasteiger charge is 2.23. The van der Waals surface area contributed by atoms with Crippen molar-refractivity contribution < 1.29 is 14.0 Å². The molecule has 1 heterocycles. The average molecular weight is 407 g/mol. The summed E-state index contributed by atoms with van der Waals surface area (Å²) < 4.78 is 13.4. The maximum Gasteiger partial charge on any atom is 0.254 e. The molecular formula is C24H26FN3O2. The zero-order valence-electron chi connectivity index (χ0n) is 17.3. The second-order valence-electron chi connectivity index (χ2n) is 8.19. The van der Waals surface area contributed by atoms with Crippen LogP contribution in [0.3, 0.4) is 0 Å². The number of aromatic amines is 1. The number of anilines is 1. The highest BCUT2D eigenvalue weighted by molar-refractivity contribution is 5.98. The second kappa shape index (κ2) is 8.30. The topological polar surface area (TPSA) is 65.2 Å². The van der Waals surface area contributed by atoms with E-state index in [1.165, 1.54) is 12.1 Å². The van der Waals surface area contributed by atoms with Crippen molar-refractivity contribution in [3.8, 4) is 0 Å². The Bertz CT molecular complexity index is 1100. The van der Waals surface area contributed by atoms with E-state index < -0.39 is 0 Å². The summed E-state index contributed by atoms with van der Waals surface area (Å²) in [5.41, 5.74) is 3.80. The van der Waals surface area contributed by atoms with Crippen LogP contribution in [-0.2, 0) is 11.3 Å². The zero-order chi connectivity index (χ0) is 21.3. The Morgan fingerprint density at radius 3 is 2.67 bits per heavy atom. The quantitative estimate of drug-likeness (QED) is 0.624. The molecule has 0 saturated heterocycles. The predicted octanol–water partition coefficient (Wildman–Crippen LogP) is 5.02. The first-order chi connectivity index (χ1) is 14.4. The second-order valence-corrected chi connectivity index (χ2v) is 8.19. The Labute approximate surface area is 175 Å². The number of carbonyl (C=O) groups is 2. The number of rotatable bonds is 5. The summed E-state index contributed by atoms with van der Waals surface area (Å²) in [7, 11) is 1.73. The summed E-state index contributed by atoms with van der Waals surface area (Å²) in [6.07, 6.45) is 4.06. The lowest BCUT2D eigenvalue weighted by Gasteiger charge is -2.18. The number of carbonyl (C=O) groups excluding carboxylic acids is 2. The van der Waals surface area contributed by atoms with Gasteiger partial charge in [0.1, 0.15) is 5.82 Å². The van der Waals surface area contributed by atoms with E-state index in [2.05, 4.69) is 10.3 Å². The van der Waals surface area contributed by atoms with Gasteiger partial charge in [0.2, 0.25) is 5.91 Å². The van der Waals surface area contributed by atoms with Gasteiger partial charge in [0.05, 0.1) is 6.54 Å². The van der Waals surface area contributed by atoms with Crippen molar-refractivity contribution in [2.45, 2.75) is 39.2 Å². The lowest BCUT2D eigenvalue weighted by molar-refractivity contribution is -0.119. The highest BCUT2D eigenvalue weighted by Crippen LogP contribution is 2.27. The van der Waals surface area contributed by atoms with Crippen molar-refractivity contribution in [1.82, 2.24) is 9.88 Å². The molecule has 6 heteroatoms. The van der Waals surface area contributed by atoms with Gasteiger partial charge >= 0.3 is 0 Å². The van der Waals surface area contributed by atoms with Crippen LogP contribution in [0, 0.1) is 18.7 Å². The monoisotopic (exact) mass is 407 g/mol. The number of benzene rings is 2. The number of amides is 2. The molecule has 5 nitrogen and oxygen atoms in total. The molecule has 0 spiro atoms. The van der Waals surface area contributed by atoms with Gasteiger partial charge in [0.15, 0.2) is 0 Å². The van der Waals surface area contributed by atoms with Crippen LogP contribution in [0.5, 0.6) is 0 Å². The van der Waals surface area contributed by atoms with Gasteiger partial charge in [-0.05, 0) is 61.7 Å². The molecule has 2 amide bonds. The van der Waals surface area contributed by atoms with E-state index in [-0.39, 0.29) is 23.5 Å². The highest BCUT2D eigenvalue weighted by atomic mass is 19.1. The molecule has 0 bridgehead atoms. The average Bonchev–Trinajstić information content (AvgIpc) is 3.38. The number of nitrogens with zero attached hydrogens (tertiary/aromatic N) is 1. The van der Waals surface area contributed by atoms with E-state index in [4.69, 9.17) is 0 Å². The van der Waals surface area contributed by atoms with E-state index >= 15 is 0 Å². The number of halogens is 1. The summed E-state index contributed by atoms with van der Waals surface area (Å²) in [5, 5.41) is 3.78. The molecule has 2 aromatic carbocycles. The van der Waals surface area contributed by atoms with Crippen molar-refractivity contribution in [1.29, 1.82) is 0 Å². The molecule has 1 aliphatic carbocycles. The minimum absolute atomic E-state index is 0.0406. The molecule has 1 aromatic heterocycles. The predicted molar refractivity (Wildman–Crippen MR) is 116 cm³/mol. The summed E-state index contributed by atoms with van der Waals surface area (Å²) >= 11 is 0. The number of H-pyrrole nitrogens is 1. The molecule has 0 atom stereocenters. The standard InChI is InChI=1S/C24H26FN3O2/c1-15-7-8-17(13-22(15)27-23(29)16-5-3-4-6-16)24(30)28(2)14-20-12-18-11-19(25)9-10-21(18)26-20/h7-13,16,26H,3-6,14H2,1-2H3,(H,27,29). The molecule has 0 radical (unpaired) electrons. The Hall–Kier alpha value is -3.15. The van der Waals surface area contributed by atoms with Gasteiger partial charge in [-0.15, -0.1) is 0 Å². The molecule has 2 N–H and O–H groups in total. The smallest absolute Gasteiger partial charge is 0.254 e. The molecule has 4 rings (SSSR count). The summed E-state index contributed by atoms with van der Waals surface area (Å²) in [4.78, 5) is 30.3. The van der Waals surface area contributed by atoms with Gasteiger partial charge in [0.25, 0.3) is 5.91 Å². The van der Waals surface area contributed by atoms with Crippen LogP contribution in [0.15, 0.2) is 42.5 Å². The Morgan fingerprint density at radius 1 is 1.13 bits per heavy atom. The molecule has 1 saturated carbocycles. The number of aryl methyl sites for hydroxylation is 1. The molecule has 0 aliphatic heterocycles. The number of aromatic nitrogens is 1. The summed E-state index contributed by atoms with van der Waals surface area (Å²) in [6.45, 7) is 2.29. The normalized spacial score (nSPS) is 14.2. The van der Waals surface area contributed by atoms with E-state index in [1.807, 2.05) is 19.1 Å². The van der Waals surface area contributed by atoms with Crippen LogP contribution in [0.2, 0.25) is 0 Å². The van der Waals surface area contributed by atoms with Crippen LogP contribution in [0.25, 0.3) is 10.9 Å². The number of hydrogen-bond acceptors (Lipinski definition) is 2. The molecule has 1 aliphatic rings. The fourth-order valence-corrected chi connectivity index (χ4v) is 4.11. The van der Waals surface area contributed by atoms with Gasteiger partial charge in [0, 0.05) is 40.8 Å². The maximum atomic E-state index is 13.4. The largest absolute Gasteiger partial charge is 0.357 e. The first kappa shape index (κ1) is 20.1. The third-order valence-corrected chi connectivity index (χ3v) is 5.86. The molecule has 0 unspecified atom stereocenters. The first-order valence-electron chi connectivity index (χ1n) is 10.3. The van der Waals surface area contributed by atoms with Crippen molar-refractivity contribution in [3.63, 3.8) is 0 Å². The Kier molecular flexibility index (Phi) is 5.57. The summed E-state index contributed by atoms with van der Waals surface area (Å²) in [6, 6.07) is 11.8. The van der Waals surface area contributed by atoms with Crippen LogP contribution in [-0.4, -0.2) is 28.7 Å². The van der Waals surface area contributed by atoms with Crippen LogP contribution in [0.4, 0.5) is 10.1 Å². The molecule has 30 heavy (non-hydrogen) atoms. The van der Waals surface area contributed by atoms with Gasteiger partial charge < -0.3 is 15.2 Å². The maximum absolute atomic E-state index is 13.4. The molecular weight excluding hydrogens is 381 g/mol. The number of fused-ring (bicyclic) bond motifs is 1. The van der Waals surface area contributed by atoms with E-state index in [9.17, 15) is 14.0 Å². The van der Waals surface area contributed by atoms with Gasteiger partial charge in [-0.2, -0.15) is 0 Å². The fraction of sp³-hybridized carbons (Fsp3) is 0.333. The molecule has 156 valence electrons. The van der Waals surface area contributed by atoms with Crippen molar-refractivity contribution in [3.05, 3.63) is 65.1 Å². The minimum atomic E-state index is -0.288. The van der Waals surface area contributed by atoms with Crippen LogP contribution in [0.1, 0.15) is 47.3 Å². The zero-order valence-corrected chi connectivity index (χ0v) is 17.3. The third kappa shape index (κ3) is 4.22. The third-order valence-electron chi connectivity index (χ3n) is 5.86. The van der Waals surface area contributed by atoms with Crippen molar-refractivity contribution >= 4 is 28.4 Å². The molecule has 1 fully saturated rings. The van der Waals surface area contributed by atoms with Crippen molar-refractivity contribution in [2.75, 3.05) is 12.4 Å². The van der Waals surface area contributed by atoms with Crippen LogP contribution >= 0.6 is 0 Å². The number of nitrogens with one attached hydrogen (secondary N) is 2. The van der Waals surface area contributed by atoms with Crippen LogP contribution < -0.4 is 5.32 Å². The number of hydrogen-bond donors (Lipinski definition) is 2. The van der Waals surface area contributed by atoms with Crippen molar-refractivity contribution in [2.24, 2.45) is 5.92 Å². The van der Waals surface area contributed by atoms with E-state index in [1.54, 1.807) is 30.1 Å². The van der Waals surface area contributed by atoms with Gasteiger partial charge in [-0.3, -0.25) is 9.59 Å². The lowest BCUT2D eigenvalue weighted by Crippen LogP contribution is -2.27. The van der Waals surface area contributed by atoms with E-state index in [0.717, 1.165) is 47.8 Å². The minimum Gasteiger partial charge on any atom is -0.357 e. The SMILES string of the molecule is Cc1ccc(C(=O)N(C)Cc2cc3cc(F)ccc3[nH]2)cc1NC(=O)C1CCCC1. The summed E-state index contributed by atoms with van der Waals surface area (Å²) in [5.74, 6) is -0.322. The molecule has 3 aromatic rings. The van der Waals surface area contributed by atoms with Gasteiger partial charge in [-0.25, -0.2) is 4.39 Å². The Morgan fingerprint density at radius 2 is 1.90 bits per heavy atom. The lowest BCUT2D eigenvalue weighted by atomic mass is 10.1. The Balaban J connectivity index is 1.48.